The third-order valence-electron chi connectivity index (χ3n) is 3.38. The van der Waals surface area contributed by atoms with Gasteiger partial charge in [0.25, 0.3) is 0 Å². The Hall–Kier alpha value is -1.40. The van der Waals surface area contributed by atoms with Crippen molar-refractivity contribution in [3.63, 3.8) is 0 Å². The number of pyridine rings is 1. The van der Waals surface area contributed by atoms with Crippen LogP contribution < -0.4 is 0 Å². The average molecular weight is 243 g/mol. The molecule has 0 aromatic carbocycles. The van der Waals surface area contributed by atoms with Crippen molar-refractivity contribution < 1.29 is 0 Å². The predicted molar refractivity (Wildman–Crippen MR) is 72.2 cm³/mol. The van der Waals surface area contributed by atoms with E-state index in [1.165, 1.54) is 25.9 Å². The van der Waals surface area contributed by atoms with Gasteiger partial charge in [-0.3, -0.25) is 9.88 Å². The van der Waals surface area contributed by atoms with Crippen LogP contribution in [0.2, 0.25) is 0 Å². The number of hydrogen-bond donors (Lipinski definition) is 0. The van der Waals surface area contributed by atoms with Gasteiger partial charge >= 0.3 is 0 Å². The van der Waals surface area contributed by atoms with Gasteiger partial charge < -0.3 is 0 Å². The third-order valence-corrected chi connectivity index (χ3v) is 3.38. The van der Waals surface area contributed by atoms with E-state index in [1.54, 1.807) is 0 Å². The molecule has 1 aliphatic rings. The summed E-state index contributed by atoms with van der Waals surface area (Å²) in [4.78, 5) is 6.94. The van der Waals surface area contributed by atoms with Crippen molar-refractivity contribution in [2.45, 2.75) is 45.6 Å². The smallest absolute Gasteiger partial charge is 0.101 e. The summed E-state index contributed by atoms with van der Waals surface area (Å²) in [7, 11) is 0. The van der Waals surface area contributed by atoms with E-state index < -0.39 is 0 Å². The fourth-order valence-corrected chi connectivity index (χ4v) is 2.48. The lowest BCUT2D eigenvalue weighted by molar-refractivity contribution is 0.331. The van der Waals surface area contributed by atoms with E-state index in [0.29, 0.717) is 0 Å². The Labute approximate surface area is 109 Å². The van der Waals surface area contributed by atoms with Crippen LogP contribution in [0.1, 0.15) is 50.4 Å². The first-order chi connectivity index (χ1) is 8.50. The van der Waals surface area contributed by atoms with Gasteiger partial charge in [0.2, 0.25) is 0 Å². The molecule has 1 aliphatic heterocycles. The van der Waals surface area contributed by atoms with Crippen LogP contribution in [0.15, 0.2) is 12.3 Å². The van der Waals surface area contributed by atoms with Crippen LogP contribution in [-0.2, 0) is 12.0 Å². The molecule has 1 saturated heterocycles. The molecule has 3 heteroatoms. The minimum absolute atomic E-state index is 0.0722. The summed E-state index contributed by atoms with van der Waals surface area (Å²) in [5, 5.41) is 9.26. The van der Waals surface area contributed by atoms with Crippen molar-refractivity contribution in [3.8, 4) is 6.07 Å². The summed E-state index contributed by atoms with van der Waals surface area (Å²) in [6.07, 6.45) is 4.51. The molecule has 96 valence electrons. The maximum atomic E-state index is 9.26. The average Bonchev–Trinajstić information content (AvgIpc) is 2.80. The van der Waals surface area contributed by atoms with E-state index in [1.807, 2.05) is 12.3 Å². The number of aromatic nitrogens is 1. The highest BCUT2D eigenvalue weighted by atomic mass is 15.1. The molecule has 0 atom stereocenters. The summed E-state index contributed by atoms with van der Waals surface area (Å²) in [5.41, 5.74) is 2.70. The van der Waals surface area contributed by atoms with Gasteiger partial charge in [-0.15, -0.1) is 0 Å². The van der Waals surface area contributed by atoms with Crippen molar-refractivity contribution in [2.75, 3.05) is 13.1 Å². The molecule has 1 fully saturated rings. The van der Waals surface area contributed by atoms with Gasteiger partial charge in [-0.2, -0.15) is 5.26 Å². The molecule has 0 unspecified atom stereocenters. The van der Waals surface area contributed by atoms with E-state index in [0.717, 1.165) is 23.4 Å². The molecule has 0 spiro atoms. The molecule has 1 aromatic heterocycles. The fraction of sp³-hybridized carbons (Fsp3) is 0.600. The second kappa shape index (κ2) is 5.07. The zero-order valence-corrected chi connectivity index (χ0v) is 11.5. The number of hydrogen-bond acceptors (Lipinski definition) is 3. The molecule has 2 rings (SSSR count). The Bertz CT molecular complexity index is 460. The summed E-state index contributed by atoms with van der Waals surface area (Å²) >= 11 is 0. The van der Waals surface area contributed by atoms with Crippen LogP contribution in [0, 0.1) is 11.3 Å². The highest BCUT2D eigenvalue weighted by Gasteiger charge is 2.20. The highest BCUT2D eigenvalue weighted by molar-refractivity contribution is 5.39. The van der Waals surface area contributed by atoms with Crippen LogP contribution in [0.3, 0.4) is 0 Å². The summed E-state index contributed by atoms with van der Waals surface area (Å²) in [6, 6.07) is 4.29. The van der Waals surface area contributed by atoms with Crippen molar-refractivity contribution in [1.29, 1.82) is 5.26 Å². The Morgan fingerprint density at radius 1 is 1.33 bits per heavy atom. The van der Waals surface area contributed by atoms with Crippen LogP contribution in [-0.4, -0.2) is 23.0 Å². The van der Waals surface area contributed by atoms with Gasteiger partial charge in [-0.1, -0.05) is 20.8 Å². The minimum Gasteiger partial charge on any atom is -0.299 e. The molecule has 1 aromatic rings. The van der Waals surface area contributed by atoms with Gasteiger partial charge in [0.05, 0.1) is 11.3 Å². The maximum Gasteiger partial charge on any atom is 0.101 e. The summed E-state index contributed by atoms with van der Waals surface area (Å²) in [6.45, 7) is 9.54. The topological polar surface area (TPSA) is 39.9 Å². The van der Waals surface area contributed by atoms with E-state index in [2.05, 4.69) is 36.7 Å². The van der Waals surface area contributed by atoms with E-state index in [4.69, 9.17) is 0 Å². The summed E-state index contributed by atoms with van der Waals surface area (Å²) < 4.78 is 0. The lowest BCUT2D eigenvalue weighted by Gasteiger charge is -2.20. The molecular formula is C15H21N3. The zero-order valence-electron chi connectivity index (χ0n) is 11.5. The minimum atomic E-state index is -0.0722. The first kappa shape index (κ1) is 13.0. The van der Waals surface area contributed by atoms with Gasteiger partial charge in [0.1, 0.15) is 6.07 Å². The largest absolute Gasteiger partial charge is 0.299 e. The van der Waals surface area contributed by atoms with Gasteiger partial charge in [0, 0.05) is 18.2 Å². The Morgan fingerprint density at radius 2 is 2.00 bits per heavy atom. The Morgan fingerprint density at radius 3 is 2.56 bits per heavy atom. The standard InChI is InChI=1S/C15H21N3/c1-15(2,3)14-13(9-16)8-12(10-17-14)11-18-6-4-5-7-18/h8,10H,4-7,11H2,1-3H3. The predicted octanol–water partition coefficient (Wildman–Crippen LogP) is 2.85. The Kier molecular flexibility index (Phi) is 3.68. The number of rotatable bonds is 2. The second-order valence-electron chi connectivity index (χ2n) is 6.08. The van der Waals surface area contributed by atoms with E-state index >= 15 is 0 Å². The fourth-order valence-electron chi connectivity index (χ4n) is 2.48. The Balaban J connectivity index is 2.22. The molecule has 0 aliphatic carbocycles. The molecule has 3 nitrogen and oxygen atoms in total. The van der Waals surface area contributed by atoms with Crippen LogP contribution in [0.4, 0.5) is 0 Å². The first-order valence-electron chi connectivity index (χ1n) is 6.62. The lowest BCUT2D eigenvalue weighted by atomic mass is 9.88. The van der Waals surface area contributed by atoms with Gasteiger partial charge in [0.15, 0.2) is 0 Å². The zero-order chi connectivity index (χ0) is 13.2. The van der Waals surface area contributed by atoms with E-state index in [-0.39, 0.29) is 5.41 Å². The number of likely N-dealkylation sites (tertiary alicyclic amines) is 1. The van der Waals surface area contributed by atoms with Crippen LogP contribution in [0.25, 0.3) is 0 Å². The van der Waals surface area contributed by atoms with Crippen LogP contribution >= 0.6 is 0 Å². The van der Waals surface area contributed by atoms with Crippen molar-refractivity contribution in [2.24, 2.45) is 0 Å². The lowest BCUT2D eigenvalue weighted by Crippen LogP contribution is -2.20. The molecular weight excluding hydrogens is 222 g/mol. The van der Waals surface area contributed by atoms with E-state index in [9.17, 15) is 5.26 Å². The van der Waals surface area contributed by atoms with Crippen molar-refractivity contribution >= 4 is 0 Å². The molecule has 0 radical (unpaired) electrons. The molecule has 18 heavy (non-hydrogen) atoms. The molecule has 0 saturated carbocycles. The molecule has 0 N–H and O–H groups in total. The maximum absolute atomic E-state index is 9.26. The highest BCUT2D eigenvalue weighted by Crippen LogP contribution is 2.24. The third kappa shape index (κ3) is 2.88. The quantitative estimate of drug-likeness (QED) is 0.802. The van der Waals surface area contributed by atoms with Gasteiger partial charge in [-0.25, -0.2) is 0 Å². The van der Waals surface area contributed by atoms with Crippen LogP contribution in [0.5, 0.6) is 0 Å². The normalized spacial score (nSPS) is 16.8. The second-order valence-corrected chi connectivity index (χ2v) is 6.08. The van der Waals surface area contributed by atoms with Gasteiger partial charge in [-0.05, 0) is 37.6 Å². The number of nitriles is 1. The molecule has 0 amide bonds. The van der Waals surface area contributed by atoms with Crippen molar-refractivity contribution in [1.82, 2.24) is 9.88 Å². The SMILES string of the molecule is CC(C)(C)c1ncc(CN2CCCC2)cc1C#N. The molecule has 0 bridgehead atoms. The number of nitrogens with zero attached hydrogens (tertiary/aromatic N) is 3. The first-order valence-corrected chi connectivity index (χ1v) is 6.62. The van der Waals surface area contributed by atoms with Crippen molar-refractivity contribution in [3.05, 3.63) is 29.1 Å². The molecule has 2 heterocycles. The monoisotopic (exact) mass is 243 g/mol. The summed E-state index contributed by atoms with van der Waals surface area (Å²) in [5.74, 6) is 0.